The highest BCUT2D eigenvalue weighted by Gasteiger charge is 2.58. The van der Waals surface area contributed by atoms with Crippen molar-refractivity contribution in [1.29, 1.82) is 0 Å². The largest absolute Gasteiger partial charge is 0.483 e. The van der Waals surface area contributed by atoms with Crippen molar-refractivity contribution < 1.29 is 31.1 Å². The monoisotopic (exact) mass is 501 g/mol. The molecule has 3 atom stereocenters. The lowest BCUT2D eigenvalue weighted by Crippen LogP contribution is -2.48. The van der Waals surface area contributed by atoms with Gasteiger partial charge in [0.25, 0.3) is 0 Å². The molecule has 3 aromatic heterocycles. The topological polar surface area (TPSA) is 80.5 Å². The van der Waals surface area contributed by atoms with Crippen LogP contribution in [-0.4, -0.2) is 62.4 Å². The standard InChI is InChI=1S/C21H21F6N7O/c1-11-15(22)18(29-10-28-11)33-7-12-4-5-13(8-33)16(12)30-19-31-17-14(3-2-6-34(17)32-19)35-9-20(23,24)21(25,26)27/h2-3,6,10,12-13,16H,4-5,7-9H2,1H3,(H,30,32)/t12-,13+,16-. The number of rotatable bonds is 6. The van der Waals surface area contributed by atoms with Crippen LogP contribution in [0.15, 0.2) is 24.7 Å². The smallest absolute Gasteiger partial charge is 0.456 e. The van der Waals surface area contributed by atoms with E-state index < -0.39 is 24.5 Å². The number of alkyl halides is 5. The molecule has 8 nitrogen and oxygen atoms in total. The molecular weight excluding hydrogens is 480 g/mol. The third kappa shape index (κ3) is 4.29. The SMILES string of the molecule is Cc1ncnc(N2C[C@H]3CC[C@@H](C2)[C@@H]3Nc2nc3c(OCC(F)(F)C(F)(F)F)cccn3n2)c1F. The molecule has 1 aliphatic carbocycles. The minimum Gasteiger partial charge on any atom is -0.483 e. The van der Waals surface area contributed by atoms with Gasteiger partial charge in [-0.2, -0.15) is 26.9 Å². The van der Waals surface area contributed by atoms with E-state index in [0.717, 1.165) is 12.8 Å². The Bertz CT molecular complexity index is 1220. The van der Waals surface area contributed by atoms with Crippen molar-refractivity contribution in [2.24, 2.45) is 11.8 Å². The Morgan fingerprint density at radius 2 is 1.83 bits per heavy atom. The first-order valence-electron chi connectivity index (χ1n) is 10.9. The zero-order valence-electron chi connectivity index (χ0n) is 18.4. The molecule has 0 unspecified atom stereocenters. The molecule has 5 rings (SSSR count). The summed E-state index contributed by atoms with van der Waals surface area (Å²) in [7, 11) is 0. The molecule has 1 N–H and O–H groups in total. The van der Waals surface area contributed by atoms with Crippen LogP contribution in [0.5, 0.6) is 5.75 Å². The van der Waals surface area contributed by atoms with Gasteiger partial charge in [-0.1, -0.05) is 0 Å². The summed E-state index contributed by atoms with van der Waals surface area (Å²) in [6.45, 7) is 0.847. The molecule has 4 heterocycles. The van der Waals surface area contributed by atoms with Crippen LogP contribution in [0.2, 0.25) is 0 Å². The van der Waals surface area contributed by atoms with E-state index in [0.29, 0.717) is 13.1 Å². The number of aryl methyl sites for hydroxylation is 1. The predicted molar refractivity (Wildman–Crippen MR) is 112 cm³/mol. The molecule has 1 saturated carbocycles. The van der Waals surface area contributed by atoms with Crippen molar-refractivity contribution in [3.05, 3.63) is 36.2 Å². The highest BCUT2D eigenvalue weighted by atomic mass is 19.4. The summed E-state index contributed by atoms with van der Waals surface area (Å²) in [5, 5.41) is 7.54. The highest BCUT2D eigenvalue weighted by Crippen LogP contribution is 2.40. The Morgan fingerprint density at radius 1 is 1.11 bits per heavy atom. The van der Waals surface area contributed by atoms with Crippen LogP contribution in [0, 0.1) is 24.6 Å². The highest BCUT2D eigenvalue weighted by molar-refractivity contribution is 5.56. The van der Waals surface area contributed by atoms with Crippen molar-refractivity contribution in [2.45, 2.75) is 37.9 Å². The summed E-state index contributed by atoms with van der Waals surface area (Å²) in [5.41, 5.74) is 0.291. The number of nitrogens with zero attached hydrogens (tertiary/aromatic N) is 6. The Morgan fingerprint density at radius 3 is 2.51 bits per heavy atom. The number of hydrogen-bond donors (Lipinski definition) is 1. The first kappa shape index (κ1) is 23.4. The summed E-state index contributed by atoms with van der Waals surface area (Å²) in [6, 6.07) is 2.64. The molecule has 0 aromatic carbocycles. The van der Waals surface area contributed by atoms with Crippen molar-refractivity contribution in [2.75, 3.05) is 29.9 Å². The zero-order valence-corrected chi connectivity index (χ0v) is 18.4. The van der Waals surface area contributed by atoms with E-state index in [2.05, 4.69) is 25.4 Å². The zero-order chi connectivity index (χ0) is 25.0. The fourth-order valence-corrected chi connectivity index (χ4v) is 4.75. The summed E-state index contributed by atoms with van der Waals surface area (Å²) >= 11 is 0. The van der Waals surface area contributed by atoms with Crippen molar-refractivity contribution in [3.63, 3.8) is 0 Å². The van der Waals surface area contributed by atoms with Crippen LogP contribution >= 0.6 is 0 Å². The van der Waals surface area contributed by atoms with Gasteiger partial charge in [-0.3, -0.25) is 0 Å². The number of aromatic nitrogens is 5. The number of nitrogens with one attached hydrogen (secondary N) is 1. The van der Waals surface area contributed by atoms with E-state index in [9.17, 15) is 26.3 Å². The van der Waals surface area contributed by atoms with E-state index in [1.807, 2.05) is 4.90 Å². The molecule has 2 aliphatic rings. The molecule has 1 aliphatic heterocycles. The van der Waals surface area contributed by atoms with E-state index >= 15 is 0 Å². The summed E-state index contributed by atoms with van der Waals surface area (Å²) < 4.78 is 84.5. The maximum atomic E-state index is 14.5. The molecule has 0 radical (unpaired) electrons. The average molecular weight is 501 g/mol. The lowest BCUT2D eigenvalue weighted by atomic mass is 9.92. The number of piperidine rings is 1. The molecule has 0 amide bonds. The van der Waals surface area contributed by atoms with Crippen LogP contribution in [0.25, 0.3) is 5.65 Å². The number of pyridine rings is 1. The number of hydrogen-bond acceptors (Lipinski definition) is 7. The molecule has 188 valence electrons. The van der Waals surface area contributed by atoms with Gasteiger partial charge >= 0.3 is 12.1 Å². The van der Waals surface area contributed by atoms with Crippen molar-refractivity contribution >= 4 is 17.4 Å². The van der Waals surface area contributed by atoms with E-state index in [4.69, 9.17) is 4.74 Å². The van der Waals surface area contributed by atoms with Gasteiger partial charge in [0.15, 0.2) is 29.6 Å². The lowest BCUT2D eigenvalue weighted by molar-refractivity contribution is -0.289. The molecular formula is C21H21F6N7O. The molecule has 14 heteroatoms. The molecule has 2 fully saturated rings. The van der Waals surface area contributed by atoms with E-state index in [1.165, 1.54) is 29.2 Å². The van der Waals surface area contributed by atoms with E-state index in [-0.39, 0.29) is 46.7 Å². The number of halogens is 6. The van der Waals surface area contributed by atoms with Gasteiger partial charge in [-0.05, 0) is 43.7 Å². The predicted octanol–water partition coefficient (Wildman–Crippen LogP) is 3.87. The first-order chi connectivity index (χ1) is 16.5. The van der Waals surface area contributed by atoms with Crippen LogP contribution in [0.4, 0.5) is 38.1 Å². The lowest BCUT2D eigenvalue weighted by Gasteiger charge is -2.38. The van der Waals surface area contributed by atoms with Crippen LogP contribution in [0.1, 0.15) is 18.5 Å². The Kier molecular flexibility index (Phi) is 5.63. The van der Waals surface area contributed by atoms with Crippen LogP contribution in [0.3, 0.4) is 0 Å². The Balaban J connectivity index is 1.31. The molecule has 35 heavy (non-hydrogen) atoms. The number of ether oxygens (including phenoxy) is 1. The number of anilines is 2. The fourth-order valence-electron chi connectivity index (χ4n) is 4.75. The Labute approximate surface area is 195 Å². The first-order valence-corrected chi connectivity index (χ1v) is 10.9. The van der Waals surface area contributed by atoms with E-state index in [1.54, 1.807) is 6.92 Å². The van der Waals surface area contributed by atoms with Crippen LogP contribution < -0.4 is 15.0 Å². The molecule has 1 saturated heterocycles. The van der Waals surface area contributed by atoms with Gasteiger partial charge < -0.3 is 15.0 Å². The van der Waals surface area contributed by atoms with Gasteiger partial charge in [-0.25, -0.2) is 18.9 Å². The third-order valence-electron chi connectivity index (χ3n) is 6.52. The number of fused-ring (bicyclic) bond motifs is 3. The second kappa shape index (κ2) is 8.41. The van der Waals surface area contributed by atoms with Crippen LogP contribution in [-0.2, 0) is 0 Å². The molecule has 0 spiro atoms. The molecule has 2 bridgehead atoms. The van der Waals surface area contributed by atoms with Gasteiger partial charge in [0.2, 0.25) is 5.95 Å². The maximum absolute atomic E-state index is 14.5. The van der Waals surface area contributed by atoms with Gasteiger partial charge in [-0.15, -0.1) is 5.10 Å². The Hall–Kier alpha value is -3.32. The average Bonchev–Trinajstić information content (AvgIpc) is 3.30. The van der Waals surface area contributed by atoms with Crippen molar-refractivity contribution in [3.8, 4) is 5.75 Å². The fraction of sp³-hybridized carbons (Fsp3) is 0.524. The quantitative estimate of drug-likeness (QED) is 0.514. The minimum absolute atomic E-state index is 0.0105. The summed E-state index contributed by atoms with van der Waals surface area (Å²) in [5.74, 6) is -4.92. The third-order valence-corrected chi connectivity index (χ3v) is 6.52. The maximum Gasteiger partial charge on any atom is 0.456 e. The normalized spacial score (nSPS) is 22.6. The van der Waals surface area contributed by atoms with Crippen molar-refractivity contribution in [1.82, 2.24) is 24.6 Å². The van der Waals surface area contributed by atoms with Gasteiger partial charge in [0, 0.05) is 25.3 Å². The van der Waals surface area contributed by atoms with Gasteiger partial charge in [0.05, 0.1) is 5.69 Å². The summed E-state index contributed by atoms with van der Waals surface area (Å²) in [6.07, 6.45) is -1.10. The second-order valence-electron chi connectivity index (χ2n) is 8.84. The summed E-state index contributed by atoms with van der Waals surface area (Å²) in [4.78, 5) is 14.2. The molecule has 3 aromatic rings. The minimum atomic E-state index is -5.72. The second-order valence-corrected chi connectivity index (χ2v) is 8.84. The van der Waals surface area contributed by atoms with Gasteiger partial charge in [0.1, 0.15) is 6.33 Å².